The summed E-state index contributed by atoms with van der Waals surface area (Å²) in [7, 11) is 0. The first-order valence-electron chi connectivity index (χ1n) is 10.8. The van der Waals surface area contributed by atoms with Crippen molar-refractivity contribution in [3.63, 3.8) is 0 Å². The second-order valence-corrected chi connectivity index (χ2v) is 8.07. The Bertz CT molecular complexity index is 955. The van der Waals surface area contributed by atoms with Gasteiger partial charge < -0.3 is 19.4 Å². The molecule has 10 heteroatoms. The highest BCUT2D eigenvalue weighted by molar-refractivity contribution is 5.94. The van der Waals surface area contributed by atoms with E-state index in [0.717, 1.165) is 43.5 Å². The lowest BCUT2D eigenvalue weighted by Gasteiger charge is -2.35. The van der Waals surface area contributed by atoms with Crippen LogP contribution in [-0.2, 0) is 0 Å². The molecule has 1 amide bonds. The Kier molecular flexibility index (Phi) is 6.38. The molecule has 7 nitrogen and oxygen atoms in total. The van der Waals surface area contributed by atoms with Gasteiger partial charge in [-0.2, -0.15) is 4.98 Å². The van der Waals surface area contributed by atoms with E-state index in [1.165, 1.54) is 24.6 Å². The van der Waals surface area contributed by atoms with Crippen LogP contribution < -0.4 is 14.5 Å². The number of anilines is 2. The zero-order valence-corrected chi connectivity index (χ0v) is 17.9. The monoisotopic (exact) mass is 449 g/mol. The van der Waals surface area contributed by atoms with E-state index in [0.29, 0.717) is 32.1 Å². The molecule has 32 heavy (non-hydrogen) atoms. The lowest BCUT2D eigenvalue weighted by atomic mass is 10.1. The molecule has 0 radical (unpaired) electrons. The molecular formula is C22H26F3N5O2. The quantitative estimate of drug-likeness (QED) is 0.711. The number of aryl methyl sites for hydroxylation is 1. The van der Waals surface area contributed by atoms with Crippen molar-refractivity contribution in [3.8, 4) is 5.75 Å². The third kappa shape index (κ3) is 5.41. The zero-order valence-electron chi connectivity index (χ0n) is 17.9. The Labute approximate surface area is 184 Å². The first-order valence-corrected chi connectivity index (χ1v) is 10.8. The van der Waals surface area contributed by atoms with Crippen LogP contribution in [0.2, 0.25) is 0 Å². The smallest absolute Gasteiger partial charge is 0.406 e. The van der Waals surface area contributed by atoms with Crippen molar-refractivity contribution < 1.29 is 22.7 Å². The maximum absolute atomic E-state index is 12.8. The van der Waals surface area contributed by atoms with Crippen molar-refractivity contribution in [3.05, 3.63) is 41.6 Å². The summed E-state index contributed by atoms with van der Waals surface area (Å²) in [5.41, 5.74) is 1.06. The van der Waals surface area contributed by atoms with Crippen LogP contribution in [0.1, 0.15) is 35.3 Å². The Balaban J connectivity index is 1.41. The molecule has 0 aliphatic carbocycles. The number of nitrogens with zero attached hydrogens (tertiary/aromatic N) is 5. The molecule has 3 heterocycles. The minimum absolute atomic E-state index is 0.166. The maximum Gasteiger partial charge on any atom is 0.573 e. The SMILES string of the molecule is Cc1cc(N2CCCCC2)nc(N2CCN(C(=O)c3cccc(OC(F)(F)F)c3)CC2)n1. The van der Waals surface area contributed by atoms with Crippen LogP contribution in [0.3, 0.4) is 0 Å². The maximum atomic E-state index is 12.8. The number of ether oxygens (including phenoxy) is 1. The van der Waals surface area contributed by atoms with Crippen molar-refractivity contribution in [1.82, 2.24) is 14.9 Å². The van der Waals surface area contributed by atoms with Crippen LogP contribution in [0, 0.1) is 6.92 Å². The fourth-order valence-corrected chi connectivity index (χ4v) is 4.08. The molecule has 1 aromatic carbocycles. The van der Waals surface area contributed by atoms with Crippen molar-refractivity contribution in [2.75, 3.05) is 49.1 Å². The van der Waals surface area contributed by atoms with E-state index in [2.05, 4.69) is 14.6 Å². The van der Waals surface area contributed by atoms with Gasteiger partial charge in [0.2, 0.25) is 5.95 Å². The van der Waals surface area contributed by atoms with E-state index < -0.39 is 12.1 Å². The largest absolute Gasteiger partial charge is 0.573 e. The molecule has 0 unspecified atom stereocenters. The van der Waals surface area contributed by atoms with E-state index in [4.69, 9.17) is 4.98 Å². The Morgan fingerprint density at radius 3 is 2.34 bits per heavy atom. The summed E-state index contributed by atoms with van der Waals surface area (Å²) >= 11 is 0. The number of halogens is 3. The second kappa shape index (κ2) is 9.22. The average molecular weight is 449 g/mol. The average Bonchev–Trinajstić information content (AvgIpc) is 2.78. The van der Waals surface area contributed by atoms with Gasteiger partial charge in [-0.15, -0.1) is 13.2 Å². The second-order valence-electron chi connectivity index (χ2n) is 8.07. The molecule has 0 bridgehead atoms. The predicted molar refractivity (Wildman–Crippen MR) is 114 cm³/mol. The number of carbonyl (C=O) groups excluding carboxylic acids is 1. The zero-order chi connectivity index (χ0) is 22.7. The molecule has 1 aromatic heterocycles. The molecule has 2 aliphatic heterocycles. The van der Waals surface area contributed by atoms with Gasteiger partial charge in [0.25, 0.3) is 5.91 Å². The number of rotatable bonds is 4. The molecule has 2 saturated heterocycles. The molecule has 2 aromatic rings. The number of amides is 1. The highest BCUT2D eigenvalue weighted by Gasteiger charge is 2.31. The van der Waals surface area contributed by atoms with Crippen molar-refractivity contribution in [2.45, 2.75) is 32.5 Å². The van der Waals surface area contributed by atoms with E-state index in [-0.39, 0.29) is 11.5 Å². The van der Waals surface area contributed by atoms with Crippen LogP contribution in [0.4, 0.5) is 24.9 Å². The summed E-state index contributed by atoms with van der Waals surface area (Å²) in [4.78, 5) is 28.1. The number of alkyl halides is 3. The third-order valence-electron chi connectivity index (χ3n) is 5.67. The fourth-order valence-electron chi connectivity index (χ4n) is 4.08. The highest BCUT2D eigenvalue weighted by atomic mass is 19.4. The fraction of sp³-hybridized carbons (Fsp3) is 0.500. The van der Waals surface area contributed by atoms with Crippen LogP contribution in [-0.4, -0.2) is 66.4 Å². The van der Waals surface area contributed by atoms with Gasteiger partial charge in [-0.3, -0.25) is 4.79 Å². The Hall–Kier alpha value is -3.04. The van der Waals surface area contributed by atoms with Gasteiger partial charge in [0.15, 0.2) is 0 Å². The van der Waals surface area contributed by atoms with E-state index >= 15 is 0 Å². The van der Waals surface area contributed by atoms with Gasteiger partial charge in [0, 0.05) is 56.6 Å². The first-order chi connectivity index (χ1) is 15.3. The molecule has 0 saturated carbocycles. The number of hydrogen-bond donors (Lipinski definition) is 0. The lowest BCUT2D eigenvalue weighted by Crippen LogP contribution is -2.49. The van der Waals surface area contributed by atoms with E-state index in [1.54, 1.807) is 4.90 Å². The number of piperazine rings is 1. The van der Waals surface area contributed by atoms with Gasteiger partial charge in [-0.25, -0.2) is 4.98 Å². The van der Waals surface area contributed by atoms with Gasteiger partial charge in [-0.05, 0) is 44.4 Å². The summed E-state index contributed by atoms with van der Waals surface area (Å²) in [6.45, 7) is 5.90. The van der Waals surface area contributed by atoms with E-state index in [9.17, 15) is 18.0 Å². The topological polar surface area (TPSA) is 61.8 Å². The van der Waals surface area contributed by atoms with Gasteiger partial charge in [0.1, 0.15) is 11.6 Å². The molecule has 2 aliphatic rings. The Morgan fingerprint density at radius 1 is 0.938 bits per heavy atom. The Morgan fingerprint density at radius 2 is 1.66 bits per heavy atom. The van der Waals surface area contributed by atoms with Crippen LogP contribution in [0.5, 0.6) is 5.75 Å². The van der Waals surface area contributed by atoms with Crippen LogP contribution in [0.15, 0.2) is 30.3 Å². The minimum Gasteiger partial charge on any atom is -0.406 e. The number of carbonyl (C=O) groups is 1. The van der Waals surface area contributed by atoms with Crippen molar-refractivity contribution in [1.29, 1.82) is 0 Å². The summed E-state index contributed by atoms with van der Waals surface area (Å²) in [6.07, 6.45) is -1.23. The summed E-state index contributed by atoms with van der Waals surface area (Å²) < 4.78 is 41.3. The molecule has 2 fully saturated rings. The predicted octanol–water partition coefficient (Wildman–Crippen LogP) is 3.64. The van der Waals surface area contributed by atoms with Gasteiger partial charge in [0.05, 0.1) is 0 Å². The van der Waals surface area contributed by atoms with Crippen LogP contribution >= 0.6 is 0 Å². The van der Waals surface area contributed by atoms with Gasteiger partial charge >= 0.3 is 6.36 Å². The molecular weight excluding hydrogens is 423 g/mol. The van der Waals surface area contributed by atoms with Crippen LogP contribution in [0.25, 0.3) is 0 Å². The molecule has 0 atom stereocenters. The number of hydrogen-bond acceptors (Lipinski definition) is 6. The van der Waals surface area contributed by atoms with Gasteiger partial charge in [-0.1, -0.05) is 6.07 Å². The highest BCUT2D eigenvalue weighted by Crippen LogP contribution is 2.25. The normalized spacial score (nSPS) is 17.4. The standard InChI is InChI=1S/C22H26F3N5O2/c1-16-14-19(28-8-3-2-4-9-28)27-21(26-16)30-12-10-29(11-13-30)20(31)17-6-5-7-18(15-17)32-22(23,24)25/h5-7,14-15H,2-4,8-13H2,1H3. The number of aromatic nitrogens is 2. The summed E-state index contributed by atoms with van der Waals surface area (Å²) in [5, 5.41) is 0. The molecule has 4 rings (SSSR count). The molecule has 0 N–H and O–H groups in total. The molecule has 172 valence electrons. The summed E-state index contributed by atoms with van der Waals surface area (Å²) in [5.74, 6) is 0.863. The third-order valence-corrected chi connectivity index (χ3v) is 5.67. The lowest BCUT2D eigenvalue weighted by molar-refractivity contribution is -0.274. The number of piperidine rings is 1. The van der Waals surface area contributed by atoms with Crippen molar-refractivity contribution in [2.24, 2.45) is 0 Å². The van der Waals surface area contributed by atoms with E-state index in [1.807, 2.05) is 17.9 Å². The number of benzene rings is 1. The first kappa shape index (κ1) is 22.2. The molecule has 0 spiro atoms. The minimum atomic E-state index is -4.80. The van der Waals surface area contributed by atoms with Crippen molar-refractivity contribution >= 4 is 17.7 Å². The summed E-state index contributed by atoms with van der Waals surface area (Å²) in [6, 6.07) is 7.18.